The first-order chi connectivity index (χ1) is 8.61. The lowest BCUT2D eigenvalue weighted by molar-refractivity contribution is -0.100. The summed E-state index contributed by atoms with van der Waals surface area (Å²) >= 11 is 0. The number of rotatable bonds is 2. The maximum Gasteiger partial charge on any atom is 0.0747 e. The van der Waals surface area contributed by atoms with Gasteiger partial charge in [0.1, 0.15) is 0 Å². The summed E-state index contributed by atoms with van der Waals surface area (Å²) in [5.41, 5.74) is 8.18. The third-order valence-corrected chi connectivity index (χ3v) is 5.50. The SMILES string of the molecule is CC1CCCC1(O)C1(CN)Cc2ccccc2C1. The molecule has 3 N–H and O–H groups in total. The Hall–Kier alpha value is -0.860. The Morgan fingerprint density at radius 1 is 1.28 bits per heavy atom. The largest absolute Gasteiger partial charge is 0.389 e. The molecule has 2 nitrogen and oxygen atoms in total. The quantitative estimate of drug-likeness (QED) is 0.839. The highest BCUT2D eigenvalue weighted by Gasteiger charge is 2.56. The molecule has 2 unspecified atom stereocenters. The maximum atomic E-state index is 11.2. The van der Waals surface area contributed by atoms with Crippen molar-refractivity contribution < 1.29 is 5.11 Å². The van der Waals surface area contributed by atoms with Crippen LogP contribution < -0.4 is 5.73 Å². The van der Waals surface area contributed by atoms with Crippen LogP contribution in [0.5, 0.6) is 0 Å². The standard InChI is InChI=1S/C16H23NO/c1-12-5-4-8-16(12,18)15(11-17)9-13-6-2-3-7-14(13)10-15/h2-3,6-7,12,18H,4-5,8-11,17H2,1H3. The van der Waals surface area contributed by atoms with Crippen LogP contribution in [0.15, 0.2) is 24.3 Å². The lowest BCUT2D eigenvalue weighted by Gasteiger charge is -2.45. The lowest BCUT2D eigenvalue weighted by Crippen LogP contribution is -2.55. The first-order valence-electron chi connectivity index (χ1n) is 7.10. The second-order valence-electron chi connectivity index (χ2n) is 6.32. The van der Waals surface area contributed by atoms with Crippen molar-refractivity contribution >= 4 is 0 Å². The van der Waals surface area contributed by atoms with Crippen LogP contribution in [0.4, 0.5) is 0 Å². The molecule has 2 aliphatic rings. The van der Waals surface area contributed by atoms with E-state index >= 15 is 0 Å². The second kappa shape index (κ2) is 4.07. The van der Waals surface area contributed by atoms with Crippen molar-refractivity contribution in [1.82, 2.24) is 0 Å². The highest BCUT2D eigenvalue weighted by Crippen LogP contribution is 2.53. The fourth-order valence-electron chi connectivity index (χ4n) is 4.27. The number of hydrogen-bond acceptors (Lipinski definition) is 2. The van der Waals surface area contributed by atoms with Crippen molar-refractivity contribution in [3.63, 3.8) is 0 Å². The minimum atomic E-state index is -0.569. The summed E-state index contributed by atoms with van der Waals surface area (Å²) < 4.78 is 0. The van der Waals surface area contributed by atoms with Crippen molar-refractivity contribution in [2.45, 2.75) is 44.6 Å². The Morgan fingerprint density at radius 3 is 2.33 bits per heavy atom. The molecule has 1 saturated carbocycles. The summed E-state index contributed by atoms with van der Waals surface area (Å²) in [6.45, 7) is 2.77. The predicted molar refractivity (Wildman–Crippen MR) is 73.3 cm³/mol. The molecule has 2 heteroatoms. The van der Waals surface area contributed by atoms with Gasteiger partial charge in [0.15, 0.2) is 0 Å². The minimum Gasteiger partial charge on any atom is -0.389 e. The maximum absolute atomic E-state index is 11.2. The molecule has 0 saturated heterocycles. The van der Waals surface area contributed by atoms with Crippen molar-refractivity contribution in [2.75, 3.05) is 6.54 Å². The first-order valence-corrected chi connectivity index (χ1v) is 7.10. The average Bonchev–Trinajstić information content (AvgIpc) is 2.92. The monoisotopic (exact) mass is 245 g/mol. The van der Waals surface area contributed by atoms with Crippen LogP contribution in [-0.2, 0) is 12.8 Å². The highest BCUT2D eigenvalue weighted by molar-refractivity contribution is 5.36. The summed E-state index contributed by atoms with van der Waals surface area (Å²) in [4.78, 5) is 0. The van der Waals surface area contributed by atoms with Crippen molar-refractivity contribution in [2.24, 2.45) is 17.1 Å². The van der Waals surface area contributed by atoms with Crippen LogP contribution in [0.3, 0.4) is 0 Å². The van der Waals surface area contributed by atoms with Gasteiger partial charge in [0.2, 0.25) is 0 Å². The van der Waals surface area contributed by atoms with Crippen LogP contribution in [0, 0.1) is 11.3 Å². The molecule has 1 fully saturated rings. The molecule has 98 valence electrons. The molecule has 2 atom stereocenters. The van der Waals surface area contributed by atoms with E-state index in [1.54, 1.807) is 0 Å². The lowest BCUT2D eigenvalue weighted by atomic mass is 9.65. The van der Waals surface area contributed by atoms with E-state index in [0.29, 0.717) is 12.5 Å². The minimum absolute atomic E-state index is 0.132. The van der Waals surface area contributed by atoms with Gasteiger partial charge in [-0.25, -0.2) is 0 Å². The van der Waals surface area contributed by atoms with Crippen molar-refractivity contribution in [3.8, 4) is 0 Å². The molecule has 0 aliphatic heterocycles. The molecule has 0 heterocycles. The normalized spacial score (nSPS) is 33.6. The molecule has 18 heavy (non-hydrogen) atoms. The van der Waals surface area contributed by atoms with Crippen LogP contribution in [0.1, 0.15) is 37.3 Å². The van der Waals surface area contributed by atoms with E-state index in [1.807, 2.05) is 0 Å². The molecule has 3 rings (SSSR count). The van der Waals surface area contributed by atoms with Crippen LogP contribution >= 0.6 is 0 Å². The topological polar surface area (TPSA) is 46.2 Å². The Labute approximate surface area is 109 Å². The van der Waals surface area contributed by atoms with Gasteiger partial charge in [-0.1, -0.05) is 37.6 Å². The first kappa shape index (κ1) is 12.2. The zero-order chi connectivity index (χ0) is 12.8. The molecule has 0 bridgehead atoms. The van der Waals surface area contributed by atoms with E-state index in [9.17, 15) is 5.11 Å². The van der Waals surface area contributed by atoms with Gasteiger partial charge in [-0.05, 0) is 42.7 Å². The summed E-state index contributed by atoms with van der Waals surface area (Å²) in [6, 6.07) is 8.56. The molecular formula is C16H23NO. The average molecular weight is 245 g/mol. The molecule has 1 aromatic carbocycles. The molecule has 0 spiro atoms. The fourth-order valence-corrected chi connectivity index (χ4v) is 4.27. The third-order valence-electron chi connectivity index (χ3n) is 5.50. The zero-order valence-corrected chi connectivity index (χ0v) is 11.2. The Morgan fingerprint density at radius 2 is 1.89 bits per heavy atom. The van der Waals surface area contributed by atoms with Gasteiger partial charge in [-0.3, -0.25) is 0 Å². The van der Waals surface area contributed by atoms with E-state index in [4.69, 9.17) is 5.73 Å². The molecule has 0 radical (unpaired) electrons. The van der Waals surface area contributed by atoms with E-state index in [2.05, 4.69) is 31.2 Å². The summed E-state index contributed by atoms with van der Waals surface area (Å²) in [5.74, 6) is 0.371. The Balaban J connectivity index is 1.99. The van der Waals surface area contributed by atoms with E-state index in [-0.39, 0.29) is 5.41 Å². The van der Waals surface area contributed by atoms with Gasteiger partial charge in [-0.15, -0.1) is 0 Å². The molecular weight excluding hydrogens is 222 g/mol. The molecule has 0 aromatic heterocycles. The van der Waals surface area contributed by atoms with E-state index in [0.717, 1.165) is 32.1 Å². The summed E-state index contributed by atoms with van der Waals surface area (Å²) in [5, 5.41) is 11.2. The number of hydrogen-bond donors (Lipinski definition) is 2. The summed E-state index contributed by atoms with van der Waals surface area (Å²) in [6.07, 6.45) is 5.07. The van der Waals surface area contributed by atoms with Gasteiger partial charge in [0.25, 0.3) is 0 Å². The van der Waals surface area contributed by atoms with Gasteiger partial charge >= 0.3 is 0 Å². The Bertz CT molecular complexity index is 431. The van der Waals surface area contributed by atoms with Gasteiger partial charge in [-0.2, -0.15) is 0 Å². The number of fused-ring (bicyclic) bond motifs is 1. The second-order valence-corrected chi connectivity index (χ2v) is 6.32. The van der Waals surface area contributed by atoms with Crippen molar-refractivity contribution in [3.05, 3.63) is 35.4 Å². The Kier molecular flexibility index (Phi) is 2.76. The number of nitrogens with two attached hydrogens (primary N) is 1. The van der Waals surface area contributed by atoms with E-state index < -0.39 is 5.60 Å². The molecule has 2 aliphatic carbocycles. The van der Waals surface area contributed by atoms with Crippen LogP contribution in [0.25, 0.3) is 0 Å². The summed E-state index contributed by atoms with van der Waals surface area (Å²) in [7, 11) is 0. The number of benzene rings is 1. The smallest absolute Gasteiger partial charge is 0.0747 e. The third kappa shape index (κ3) is 1.49. The fraction of sp³-hybridized carbons (Fsp3) is 0.625. The van der Waals surface area contributed by atoms with Crippen LogP contribution in [0.2, 0.25) is 0 Å². The van der Waals surface area contributed by atoms with E-state index in [1.165, 1.54) is 11.1 Å². The molecule has 1 aromatic rings. The van der Waals surface area contributed by atoms with Crippen LogP contribution in [-0.4, -0.2) is 17.3 Å². The van der Waals surface area contributed by atoms with Gasteiger partial charge in [0.05, 0.1) is 5.60 Å². The van der Waals surface area contributed by atoms with Gasteiger partial charge < -0.3 is 10.8 Å². The zero-order valence-electron chi connectivity index (χ0n) is 11.2. The van der Waals surface area contributed by atoms with Gasteiger partial charge in [0, 0.05) is 12.0 Å². The highest BCUT2D eigenvalue weighted by atomic mass is 16.3. The number of aliphatic hydroxyl groups is 1. The predicted octanol–water partition coefficient (Wildman–Crippen LogP) is 2.28. The molecule has 0 amide bonds. The van der Waals surface area contributed by atoms with Crippen molar-refractivity contribution in [1.29, 1.82) is 0 Å².